The number of hydrogen-bond acceptors (Lipinski definition) is 7. The summed E-state index contributed by atoms with van der Waals surface area (Å²) in [4.78, 5) is 27.7. The molecular formula is C22H20ClF2N5O3. The van der Waals surface area contributed by atoms with Crippen molar-refractivity contribution in [2.24, 2.45) is 0 Å². The molecule has 1 aromatic carbocycles. The largest absolute Gasteiger partial charge is 0.487 e. The number of aliphatic hydroxyl groups excluding tert-OH is 1. The number of nitrogens with zero attached hydrogens (tertiary/aromatic N) is 4. The number of carbonyl (C=O) groups excluding carboxylic acids is 1. The predicted octanol–water partition coefficient (Wildman–Crippen LogP) is 3.84. The Labute approximate surface area is 193 Å². The highest BCUT2D eigenvalue weighted by Gasteiger charge is 2.27. The zero-order chi connectivity index (χ0) is 23.6. The van der Waals surface area contributed by atoms with Crippen molar-refractivity contribution in [3.8, 4) is 16.9 Å². The summed E-state index contributed by atoms with van der Waals surface area (Å²) in [5.41, 5.74) is -1.83. The first-order valence-electron chi connectivity index (χ1n) is 10.1. The van der Waals surface area contributed by atoms with Crippen molar-refractivity contribution in [1.29, 1.82) is 0 Å². The molecule has 172 valence electrons. The molecule has 1 unspecified atom stereocenters. The number of pyridine rings is 1. The molecule has 1 fully saturated rings. The molecule has 2 N–H and O–H groups in total. The summed E-state index contributed by atoms with van der Waals surface area (Å²) < 4.78 is 29.8. The first kappa shape index (κ1) is 22.8. The Bertz CT molecular complexity index is 1140. The van der Waals surface area contributed by atoms with Crippen LogP contribution in [0.4, 0.5) is 20.3 Å². The number of halogens is 3. The number of benzene rings is 1. The molecule has 3 aromatic rings. The molecule has 8 nitrogen and oxygen atoms in total. The summed E-state index contributed by atoms with van der Waals surface area (Å²) in [6.07, 6.45) is 4.94. The number of β-amino-alcohol motifs (C(OH)–C–C–N with tert-alkyl or cyclic N) is 1. The quantitative estimate of drug-likeness (QED) is 0.522. The number of nitrogens with one attached hydrogen (secondary N) is 1. The van der Waals surface area contributed by atoms with Crippen LogP contribution in [0.1, 0.15) is 22.6 Å². The fourth-order valence-corrected chi connectivity index (χ4v) is 3.54. The van der Waals surface area contributed by atoms with Crippen LogP contribution in [0, 0.1) is 6.92 Å². The lowest BCUT2D eigenvalue weighted by Crippen LogP contribution is -2.23. The van der Waals surface area contributed by atoms with Crippen molar-refractivity contribution in [3.63, 3.8) is 0 Å². The average Bonchev–Trinajstić information content (AvgIpc) is 3.20. The van der Waals surface area contributed by atoms with Gasteiger partial charge in [-0.05, 0) is 43.7 Å². The van der Waals surface area contributed by atoms with Crippen LogP contribution in [0.2, 0.25) is 0 Å². The molecule has 1 aliphatic heterocycles. The number of aliphatic hydroxyl groups is 1. The van der Waals surface area contributed by atoms with Gasteiger partial charge in [0, 0.05) is 60.1 Å². The maximum atomic E-state index is 12.8. The van der Waals surface area contributed by atoms with Gasteiger partial charge in [-0.1, -0.05) is 0 Å². The first-order valence-corrected chi connectivity index (χ1v) is 10.4. The Balaban J connectivity index is 1.59. The van der Waals surface area contributed by atoms with Crippen molar-refractivity contribution in [2.45, 2.75) is 25.0 Å². The van der Waals surface area contributed by atoms with Gasteiger partial charge >= 0.3 is 5.57 Å². The molecule has 1 atom stereocenters. The van der Waals surface area contributed by atoms with Crippen molar-refractivity contribution in [3.05, 3.63) is 60.3 Å². The van der Waals surface area contributed by atoms with Gasteiger partial charge < -0.3 is 20.1 Å². The van der Waals surface area contributed by atoms with E-state index in [1.807, 2.05) is 4.90 Å². The molecule has 3 heterocycles. The number of aryl methyl sites for hydroxylation is 1. The van der Waals surface area contributed by atoms with E-state index in [9.17, 15) is 18.7 Å². The van der Waals surface area contributed by atoms with E-state index in [0.717, 1.165) is 0 Å². The van der Waals surface area contributed by atoms with Gasteiger partial charge in [-0.3, -0.25) is 4.79 Å². The van der Waals surface area contributed by atoms with Gasteiger partial charge in [-0.2, -0.15) is 0 Å². The third kappa shape index (κ3) is 5.71. The van der Waals surface area contributed by atoms with E-state index in [1.165, 1.54) is 30.5 Å². The lowest BCUT2D eigenvalue weighted by atomic mass is 10.1. The van der Waals surface area contributed by atoms with Gasteiger partial charge in [0.2, 0.25) is 0 Å². The molecule has 1 aliphatic rings. The van der Waals surface area contributed by atoms with E-state index in [2.05, 4.69) is 25.0 Å². The Morgan fingerprint density at radius 2 is 1.91 bits per heavy atom. The molecule has 1 saturated heterocycles. The van der Waals surface area contributed by atoms with Crippen LogP contribution < -0.4 is 15.0 Å². The molecule has 11 heteroatoms. The molecule has 0 spiro atoms. The van der Waals surface area contributed by atoms with Crippen LogP contribution >= 0.6 is 11.6 Å². The first-order chi connectivity index (χ1) is 15.7. The highest BCUT2D eigenvalue weighted by Crippen LogP contribution is 2.32. The fourth-order valence-electron chi connectivity index (χ4n) is 3.46. The van der Waals surface area contributed by atoms with Gasteiger partial charge in [0.25, 0.3) is 5.91 Å². The zero-order valence-corrected chi connectivity index (χ0v) is 18.3. The SMILES string of the molecule is Cc1ncc(-c2cc(C(=O)Nc3ccc(OC(F)(F)Cl)cc3)cnc2N2CCC(O)C2)cn1. The third-order valence-electron chi connectivity index (χ3n) is 5.03. The highest BCUT2D eigenvalue weighted by atomic mass is 35.5. The van der Waals surface area contributed by atoms with Gasteiger partial charge in [-0.15, -0.1) is 8.78 Å². The van der Waals surface area contributed by atoms with Crippen LogP contribution in [-0.2, 0) is 0 Å². The van der Waals surface area contributed by atoms with Crippen LogP contribution in [0.25, 0.3) is 11.1 Å². The number of aromatic nitrogens is 3. The van der Waals surface area contributed by atoms with Gasteiger partial charge in [0.1, 0.15) is 17.4 Å². The van der Waals surface area contributed by atoms with Gasteiger partial charge in [-0.25, -0.2) is 15.0 Å². The van der Waals surface area contributed by atoms with E-state index < -0.39 is 17.6 Å². The van der Waals surface area contributed by atoms with E-state index in [4.69, 9.17) is 11.6 Å². The normalized spacial score (nSPS) is 16.0. The number of amides is 1. The van der Waals surface area contributed by atoms with Crippen molar-refractivity contribution < 1.29 is 23.4 Å². The van der Waals surface area contributed by atoms with E-state index in [-0.39, 0.29) is 11.3 Å². The second kappa shape index (κ2) is 9.24. The summed E-state index contributed by atoms with van der Waals surface area (Å²) in [6.45, 7) is 2.84. The second-order valence-corrected chi connectivity index (χ2v) is 7.97. The molecular weight excluding hydrogens is 456 g/mol. The number of anilines is 2. The smallest absolute Gasteiger partial charge is 0.420 e. The number of rotatable bonds is 6. The summed E-state index contributed by atoms with van der Waals surface area (Å²) in [5, 5.41) is 12.6. The lowest BCUT2D eigenvalue weighted by Gasteiger charge is -2.21. The van der Waals surface area contributed by atoms with Crippen molar-refractivity contribution >= 4 is 29.0 Å². The minimum atomic E-state index is -3.82. The van der Waals surface area contributed by atoms with E-state index >= 15 is 0 Å². The minimum absolute atomic E-state index is 0.145. The van der Waals surface area contributed by atoms with Crippen LogP contribution in [-0.4, -0.2) is 50.7 Å². The number of carbonyl (C=O) groups is 1. The maximum absolute atomic E-state index is 12.8. The Morgan fingerprint density at radius 3 is 2.52 bits per heavy atom. The summed E-state index contributed by atoms with van der Waals surface area (Å²) in [5.74, 6) is 0.645. The fraction of sp³-hybridized carbons (Fsp3) is 0.273. The van der Waals surface area contributed by atoms with Crippen LogP contribution in [0.15, 0.2) is 48.9 Å². The third-order valence-corrected chi connectivity index (χ3v) is 5.11. The average molecular weight is 476 g/mol. The summed E-state index contributed by atoms with van der Waals surface area (Å²) in [6, 6.07) is 7.04. The molecule has 2 aromatic heterocycles. The highest BCUT2D eigenvalue weighted by molar-refractivity contribution is 6.20. The maximum Gasteiger partial charge on any atom is 0.487 e. The van der Waals surface area contributed by atoms with Crippen LogP contribution in [0.5, 0.6) is 5.75 Å². The Hall–Kier alpha value is -3.37. The monoisotopic (exact) mass is 475 g/mol. The molecule has 33 heavy (non-hydrogen) atoms. The molecule has 0 bridgehead atoms. The van der Waals surface area contributed by atoms with E-state index in [1.54, 1.807) is 25.4 Å². The minimum Gasteiger partial charge on any atom is -0.420 e. The standard InChI is InChI=1S/C22H20ClF2N5O3/c1-13-26-10-15(11-27-13)19-8-14(9-28-20(19)30-7-6-17(31)12-30)21(32)29-16-2-4-18(5-3-16)33-22(23,24)25/h2-5,8-11,17,31H,6-7,12H2,1H3,(H,29,32). The second-order valence-electron chi connectivity index (χ2n) is 7.53. The van der Waals surface area contributed by atoms with Gasteiger partial charge in [0.05, 0.1) is 11.7 Å². The van der Waals surface area contributed by atoms with Crippen LogP contribution in [0.3, 0.4) is 0 Å². The lowest BCUT2D eigenvalue weighted by molar-refractivity contribution is -0.0964. The zero-order valence-electron chi connectivity index (χ0n) is 17.5. The number of alkyl halides is 3. The molecule has 0 radical (unpaired) electrons. The Kier molecular flexibility index (Phi) is 6.39. The van der Waals surface area contributed by atoms with Crippen molar-refractivity contribution in [2.75, 3.05) is 23.3 Å². The molecule has 0 saturated carbocycles. The predicted molar refractivity (Wildman–Crippen MR) is 119 cm³/mol. The number of hydrogen-bond donors (Lipinski definition) is 2. The molecule has 4 rings (SSSR count). The van der Waals surface area contributed by atoms with E-state index in [0.29, 0.717) is 48.0 Å². The van der Waals surface area contributed by atoms with Crippen molar-refractivity contribution in [1.82, 2.24) is 15.0 Å². The number of ether oxygens (including phenoxy) is 1. The summed E-state index contributed by atoms with van der Waals surface area (Å²) in [7, 11) is 0. The molecule has 1 amide bonds. The van der Waals surface area contributed by atoms with Gasteiger partial charge in [0.15, 0.2) is 0 Å². The summed E-state index contributed by atoms with van der Waals surface area (Å²) >= 11 is 4.76. The topological polar surface area (TPSA) is 100 Å². The Morgan fingerprint density at radius 1 is 1.21 bits per heavy atom. The molecule has 0 aliphatic carbocycles.